The third-order valence-electron chi connectivity index (χ3n) is 3.59. The molecular formula is C16H26N4S. The largest absolute Gasteiger partial charge is 0.358 e. The lowest BCUT2D eigenvalue weighted by molar-refractivity contribution is 0.481. The van der Waals surface area contributed by atoms with Gasteiger partial charge in [0, 0.05) is 18.1 Å². The number of nitrogens with zero attached hydrogens (tertiary/aromatic N) is 2. The Bertz CT molecular complexity index is 478. The zero-order chi connectivity index (χ0) is 15.5. The molecule has 2 heterocycles. The van der Waals surface area contributed by atoms with Gasteiger partial charge in [-0.1, -0.05) is 0 Å². The second-order valence-corrected chi connectivity index (χ2v) is 7.18. The van der Waals surface area contributed by atoms with Crippen LogP contribution < -0.4 is 15.5 Å². The molecule has 0 aromatic carbocycles. The van der Waals surface area contributed by atoms with Gasteiger partial charge in [-0.15, -0.1) is 0 Å². The Morgan fingerprint density at radius 3 is 2.67 bits per heavy atom. The molecule has 2 N–H and O–H groups in total. The molecule has 0 radical (unpaired) electrons. The van der Waals surface area contributed by atoms with E-state index in [0.29, 0.717) is 11.2 Å². The van der Waals surface area contributed by atoms with Crippen LogP contribution >= 0.6 is 12.2 Å². The van der Waals surface area contributed by atoms with Crippen molar-refractivity contribution in [1.29, 1.82) is 0 Å². The van der Waals surface area contributed by atoms with Gasteiger partial charge in [0.15, 0.2) is 5.11 Å². The molecule has 2 rings (SSSR count). The van der Waals surface area contributed by atoms with Gasteiger partial charge in [0.05, 0.1) is 11.9 Å². The van der Waals surface area contributed by atoms with Gasteiger partial charge in [0.25, 0.3) is 0 Å². The maximum absolute atomic E-state index is 5.30. The average molecular weight is 306 g/mol. The van der Waals surface area contributed by atoms with E-state index in [1.165, 1.54) is 19.3 Å². The van der Waals surface area contributed by atoms with E-state index >= 15 is 0 Å². The Morgan fingerprint density at radius 2 is 2.10 bits per heavy atom. The van der Waals surface area contributed by atoms with E-state index in [1.54, 1.807) is 0 Å². The number of pyridine rings is 1. The molecule has 0 saturated carbocycles. The SMILES string of the molecule is CC1CCCCN1c1ccc(NC(=S)NC(C)(C)C)cn1. The number of thiocarbonyl (C=S) groups is 1. The summed E-state index contributed by atoms with van der Waals surface area (Å²) >= 11 is 5.30. The van der Waals surface area contributed by atoms with Crippen LogP contribution in [0, 0.1) is 0 Å². The van der Waals surface area contributed by atoms with Crippen LogP contribution in [0.3, 0.4) is 0 Å². The number of hydrogen-bond donors (Lipinski definition) is 2. The van der Waals surface area contributed by atoms with Crippen molar-refractivity contribution in [3.05, 3.63) is 18.3 Å². The molecule has 1 aromatic rings. The van der Waals surface area contributed by atoms with Crippen molar-refractivity contribution in [2.45, 2.75) is 58.5 Å². The molecule has 0 amide bonds. The molecule has 0 spiro atoms. The lowest BCUT2D eigenvalue weighted by atomic mass is 10.0. The Hall–Kier alpha value is -1.36. The number of aromatic nitrogens is 1. The molecule has 21 heavy (non-hydrogen) atoms. The predicted molar refractivity (Wildman–Crippen MR) is 94.0 cm³/mol. The molecule has 1 saturated heterocycles. The van der Waals surface area contributed by atoms with E-state index in [0.717, 1.165) is 18.1 Å². The van der Waals surface area contributed by atoms with E-state index < -0.39 is 0 Å². The van der Waals surface area contributed by atoms with Gasteiger partial charge in [-0.2, -0.15) is 0 Å². The van der Waals surface area contributed by atoms with Crippen LogP contribution in [-0.2, 0) is 0 Å². The van der Waals surface area contributed by atoms with Crippen LogP contribution in [0.4, 0.5) is 11.5 Å². The van der Waals surface area contributed by atoms with Crippen molar-refractivity contribution < 1.29 is 0 Å². The standard InChI is InChI=1S/C16H26N4S/c1-12-7-5-6-10-20(12)14-9-8-13(11-17-14)18-15(21)19-16(2,3)4/h8-9,11-12H,5-7,10H2,1-4H3,(H2,18,19,21). The number of nitrogens with one attached hydrogen (secondary N) is 2. The Labute approximate surface area is 133 Å². The van der Waals surface area contributed by atoms with Gasteiger partial charge in [0.1, 0.15) is 5.82 Å². The minimum atomic E-state index is -0.0410. The molecule has 5 heteroatoms. The molecule has 1 fully saturated rings. The fourth-order valence-corrected chi connectivity index (χ4v) is 3.00. The number of piperidine rings is 1. The van der Waals surface area contributed by atoms with E-state index in [1.807, 2.05) is 12.3 Å². The van der Waals surface area contributed by atoms with Crippen molar-refractivity contribution >= 4 is 28.8 Å². The van der Waals surface area contributed by atoms with Crippen LogP contribution in [-0.4, -0.2) is 28.2 Å². The highest BCUT2D eigenvalue weighted by molar-refractivity contribution is 7.80. The summed E-state index contributed by atoms with van der Waals surface area (Å²) in [4.78, 5) is 6.97. The summed E-state index contributed by atoms with van der Waals surface area (Å²) in [6, 6.07) is 4.69. The average Bonchev–Trinajstić information content (AvgIpc) is 2.38. The van der Waals surface area contributed by atoms with E-state index in [2.05, 4.69) is 54.3 Å². The molecule has 1 aliphatic rings. The summed E-state index contributed by atoms with van der Waals surface area (Å²) in [5.74, 6) is 1.06. The highest BCUT2D eigenvalue weighted by atomic mass is 32.1. The first-order chi connectivity index (χ1) is 9.85. The first-order valence-electron chi connectivity index (χ1n) is 7.67. The maximum Gasteiger partial charge on any atom is 0.171 e. The molecule has 116 valence electrons. The zero-order valence-corrected chi connectivity index (χ0v) is 14.3. The van der Waals surface area contributed by atoms with Gasteiger partial charge in [-0.25, -0.2) is 4.98 Å². The smallest absolute Gasteiger partial charge is 0.171 e. The molecule has 1 atom stereocenters. The number of hydrogen-bond acceptors (Lipinski definition) is 3. The van der Waals surface area contributed by atoms with Gasteiger partial charge in [0.2, 0.25) is 0 Å². The highest BCUT2D eigenvalue weighted by Gasteiger charge is 2.19. The highest BCUT2D eigenvalue weighted by Crippen LogP contribution is 2.23. The van der Waals surface area contributed by atoms with Crippen molar-refractivity contribution in [2.24, 2.45) is 0 Å². The summed E-state index contributed by atoms with van der Waals surface area (Å²) in [5.41, 5.74) is 0.880. The Morgan fingerprint density at radius 1 is 1.33 bits per heavy atom. The summed E-state index contributed by atoms with van der Waals surface area (Å²) in [7, 11) is 0. The van der Waals surface area contributed by atoms with Gasteiger partial charge in [-0.05, 0) is 71.3 Å². The molecule has 1 aromatic heterocycles. The van der Waals surface area contributed by atoms with Crippen LogP contribution in [0.25, 0.3) is 0 Å². The Balaban J connectivity index is 1.97. The summed E-state index contributed by atoms with van der Waals surface area (Å²) < 4.78 is 0. The fourth-order valence-electron chi connectivity index (χ4n) is 2.57. The second kappa shape index (κ2) is 6.60. The summed E-state index contributed by atoms with van der Waals surface area (Å²) in [6.45, 7) is 9.63. The van der Waals surface area contributed by atoms with Crippen LogP contribution in [0.15, 0.2) is 18.3 Å². The summed E-state index contributed by atoms with van der Waals surface area (Å²) in [5, 5.41) is 7.04. The fraction of sp³-hybridized carbons (Fsp3) is 0.625. The van der Waals surface area contributed by atoms with Crippen molar-refractivity contribution in [3.8, 4) is 0 Å². The van der Waals surface area contributed by atoms with Gasteiger partial charge >= 0.3 is 0 Å². The lowest BCUT2D eigenvalue weighted by Crippen LogP contribution is -2.43. The van der Waals surface area contributed by atoms with Crippen molar-refractivity contribution in [3.63, 3.8) is 0 Å². The van der Waals surface area contributed by atoms with Crippen molar-refractivity contribution in [1.82, 2.24) is 10.3 Å². The van der Waals surface area contributed by atoms with E-state index in [9.17, 15) is 0 Å². The lowest BCUT2D eigenvalue weighted by Gasteiger charge is -2.34. The van der Waals surface area contributed by atoms with Crippen LogP contribution in [0.1, 0.15) is 47.0 Å². The first-order valence-corrected chi connectivity index (χ1v) is 8.08. The van der Waals surface area contributed by atoms with Gasteiger partial charge in [-0.3, -0.25) is 0 Å². The Kier molecular flexibility index (Phi) is 5.04. The molecule has 0 aliphatic carbocycles. The monoisotopic (exact) mass is 306 g/mol. The third-order valence-corrected chi connectivity index (χ3v) is 3.80. The molecule has 1 aliphatic heterocycles. The van der Waals surface area contributed by atoms with Gasteiger partial charge < -0.3 is 15.5 Å². The number of anilines is 2. The third kappa shape index (κ3) is 4.84. The molecule has 4 nitrogen and oxygen atoms in total. The maximum atomic E-state index is 5.30. The molecule has 1 unspecified atom stereocenters. The summed E-state index contributed by atoms with van der Waals surface area (Å²) in [6.07, 6.45) is 5.68. The van der Waals surface area contributed by atoms with Crippen LogP contribution in [0.2, 0.25) is 0 Å². The quantitative estimate of drug-likeness (QED) is 0.818. The van der Waals surface area contributed by atoms with Crippen molar-refractivity contribution in [2.75, 3.05) is 16.8 Å². The topological polar surface area (TPSA) is 40.2 Å². The normalized spacial score (nSPS) is 19.2. The number of rotatable bonds is 2. The second-order valence-electron chi connectivity index (χ2n) is 6.77. The van der Waals surface area contributed by atoms with Crippen LogP contribution in [0.5, 0.6) is 0 Å². The first kappa shape index (κ1) is 16.0. The van der Waals surface area contributed by atoms with E-state index in [-0.39, 0.29) is 5.54 Å². The minimum absolute atomic E-state index is 0.0410. The van der Waals surface area contributed by atoms with E-state index in [4.69, 9.17) is 12.2 Å². The molecular weight excluding hydrogens is 280 g/mol. The predicted octanol–water partition coefficient (Wildman–Crippen LogP) is 3.55. The zero-order valence-electron chi connectivity index (χ0n) is 13.4. The minimum Gasteiger partial charge on any atom is -0.358 e. The molecule has 0 bridgehead atoms.